The van der Waals surface area contributed by atoms with Crippen LogP contribution in [0.1, 0.15) is 10.4 Å². The van der Waals surface area contributed by atoms with Crippen molar-refractivity contribution < 1.29 is 9.53 Å². The van der Waals surface area contributed by atoms with Gasteiger partial charge in [-0.15, -0.1) is 0 Å². The quantitative estimate of drug-likeness (QED) is 0.865. The number of para-hydroxylation sites is 2. The molecule has 0 unspecified atom stereocenters. The number of amides is 1. The summed E-state index contributed by atoms with van der Waals surface area (Å²) in [5.41, 5.74) is 1.64. The maximum absolute atomic E-state index is 12.6. The number of nitrogens with zero attached hydrogens (tertiary/aromatic N) is 2. The Morgan fingerprint density at radius 2 is 1.65 bits per heavy atom. The lowest BCUT2D eigenvalue weighted by Gasteiger charge is -2.36. The fourth-order valence-corrected chi connectivity index (χ4v) is 3.06. The summed E-state index contributed by atoms with van der Waals surface area (Å²) in [5.74, 6) is 0.855. The lowest BCUT2D eigenvalue weighted by molar-refractivity contribution is 0.0747. The third-order valence-corrected chi connectivity index (χ3v) is 4.43. The highest BCUT2D eigenvalue weighted by molar-refractivity contribution is 6.33. The Hall–Kier alpha value is -2.20. The number of hydrogen-bond donors (Lipinski definition) is 0. The molecular weight excluding hydrogens is 312 g/mol. The van der Waals surface area contributed by atoms with Crippen molar-refractivity contribution in [1.29, 1.82) is 0 Å². The van der Waals surface area contributed by atoms with E-state index in [4.69, 9.17) is 16.3 Å². The molecule has 4 nitrogen and oxygen atoms in total. The lowest BCUT2D eigenvalue weighted by Crippen LogP contribution is -2.48. The Labute approximate surface area is 141 Å². The van der Waals surface area contributed by atoms with Crippen molar-refractivity contribution in [3.8, 4) is 5.75 Å². The van der Waals surface area contributed by atoms with Gasteiger partial charge in [0.2, 0.25) is 0 Å². The van der Waals surface area contributed by atoms with Gasteiger partial charge in [0.15, 0.2) is 0 Å². The summed E-state index contributed by atoms with van der Waals surface area (Å²) < 4.78 is 5.42. The zero-order chi connectivity index (χ0) is 16.2. The Bertz CT molecular complexity index is 697. The average molecular weight is 331 g/mol. The highest BCUT2D eigenvalue weighted by Gasteiger charge is 2.24. The number of ether oxygens (including phenoxy) is 1. The summed E-state index contributed by atoms with van der Waals surface area (Å²) in [7, 11) is 1.68. The van der Waals surface area contributed by atoms with Gasteiger partial charge < -0.3 is 14.5 Å². The zero-order valence-corrected chi connectivity index (χ0v) is 13.8. The van der Waals surface area contributed by atoms with Gasteiger partial charge in [0.05, 0.1) is 23.4 Å². The van der Waals surface area contributed by atoms with Crippen LogP contribution in [0.2, 0.25) is 5.02 Å². The second kappa shape index (κ2) is 6.92. The predicted molar refractivity (Wildman–Crippen MR) is 92.6 cm³/mol. The SMILES string of the molecule is COc1ccccc1N1CCN(C(=O)c2ccccc2Cl)CC1. The molecule has 0 atom stereocenters. The van der Waals surface area contributed by atoms with Crippen molar-refractivity contribution in [1.82, 2.24) is 4.90 Å². The van der Waals surface area contributed by atoms with E-state index in [9.17, 15) is 4.79 Å². The number of rotatable bonds is 3. The first-order chi connectivity index (χ1) is 11.2. The molecule has 2 aromatic carbocycles. The standard InChI is InChI=1S/C18H19ClN2O2/c1-23-17-9-5-4-8-16(17)20-10-12-21(13-11-20)18(22)14-6-2-3-7-15(14)19/h2-9H,10-13H2,1H3. The molecular formula is C18H19ClN2O2. The molecule has 1 heterocycles. The summed E-state index contributed by atoms with van der Waals surface area (Å²) in [4.78, 5) is 16.7. The van der Waals surface area contributed by atoms with Crippen LogP contribution in [0, 0.1) is 0 Å². The normalized spacial score (nSPS) is 14.7. The topological polar surface area (TPSA) is 32.8 Å². The lowest BCUT2D eigenvalue weighted by atomic mass is 10.1. The molecule has 2 aromatic rings. The average Bonchev–Trinajstić information content (AvgIpc) is 2.61. The predicted octanol–water partition coefficient (Wildman–Crippen LogP) is 3.31. The Balaban J connectivity index is 1.69. The van der Waals surface area contributed by atoms with E-state index >= 15 is 0 Å². The van der Waals surface area contributed by atoms with Gasteiger partial charge in [-0.2, -0.15) is 0 Å². The first-order valence-electron chi connectivity index (χ1n) is 7.62. The first kappa shape index (κ1) is 15.7. The molecule has 0 bridgehead atoms. The monoisotopic (exact) mass is 330 g/mol. The minimum atomic E-state index is -0.00437. The summed E-state index contributed by atoms with van der Waals surface area (Å²) >= 11 is 6.13. The Kier molecular flexibility index (Phi) is 4.72. The fraction of sp³-hybridized carbons (Fsp3) is 0.278. The number of piperazine rings is 1. The summed E-state index contributed by atoms with van der Waals surface area (Å²) in [5, 5.41) is 0.504. The molecule has 120 valence electrons. The third kappa shape index (κ3) is 3.27. The highest BCUT2D eigenvalue weighted by atomic mass is 35.5. The van der Waals surface area contributed by atoms with Crippen LogP contribution in [0.5, 0.6) is 5.75 Å². The number of hydrogen-bond acceptors (Lipinski definition) is 3. The molecule has 0 radical (unpaired) electrons. The zero-order valence-electron chi connectivity index (χ0n) is 13.0. The number of methoxy groups -OCH3 is 1. The van der Waals surface area contributed by atoms with Crippen LogP contribution < -0.4 is 9.64 Å². The maximum atomic E-state index is 12.6. The summed E-state index contributed by atoms with van der Waals surface area (Å²) in [6, 6.07) is 15.2. The van der Waals surface area contributed by atoms with Gasteiger partial charge in [-0.25, -0.2) is 0 Å². The van der Waals surface area contributed by atoms with Gasteiger partial charge in [-0.3, -0.25) is 4.79 Å². The van der Waals surface area contributed by atoms with Gasteiger partial charge in [0.25, 0.3) is 5.91 Å². The van der Waals surface area contributed by atoms with Crippen LogP contribution in [-0.4, -0.2) is 44.1 Å². The van der Waals surface area contributed by atoms with Gasteiger partial charge in [-0.05, 0) is 24.3 Å². The Morgan fingerprint density at radius 1 is 1.00 bits per heavy atom. The number of halogens is 1. The second-order valence-electron chi connectivity index (χ2n) is 5.43. The molecule has 1 amide bonds. The highest BCUT2D eigenvalue weighted by Crippen LogP contribution is 2.28. The maximum Gasteiger partial charge on any atom is 0.255 e. The Morgan fingerprint density at radius 3 is 2.35 bits per heavy atom. The van der Waals surface area contributed by atoms with Gasteiger partial charge in [0.1, 0.15) is 5.75 Å². The molecule has 1 aliphatic rings. The van der Waals surface area contributed by atoms with E-state index in [2.05, 4.69) is 4.90 Å². The molecule has 0 saturated carbocycles. The van der Waals surface area contributed by atoms with Crippen LogP contribution >= 0.6 is 11.6 Å². The molecule has 1 fully saturated rings. The van der Waals surface area contributed by atoms with Crippen LogP contribution in [0.25, 0.3) is 0 Å². The molecule has 0 aromatic heterocycles. The molecule has 3 rings (SSSR count). The molecule has 1 saturated heterocycles. The smallest absolute Gasteiger partial charge is 0.255 e. The van der Waals surface area contributed by atoms with Crippen molar-refractivity contribution in [2.75, 3.05) is 38.2 Å². The summed E-state index contributed by atoms with van der Waals surface area (Å²) in [6.45, 7) is 2.89. The molecule has 0 spiro atoms. The van der Waals surface area contributed by atoms with Crippen molar-refractivity contribution in [2.45, 2.75) is 0 Å². The summed E-state index contributed by atoms with van der Waals surface area (Å²) in [6.07, 6.45) is 0. The van der Waals surface area contributed by atoms with E-state index in [1.165, 1.54) is 0 Å². The van der Waals surface area contributed by atoms with E-state index in [-0.39, 0.29) is 5.91 Å². The fourth-order valence-electron chi connectivity index (χ4n) is 2.85. The van der Waals surface area contributed by atoms with E-state index < -0.39 is 0 Å². The number of carbonyl (C=O) groups excluding carboxylic acids is 1. The molecule has 5 heteroatoms. The van der Waals surface area contributed by atoms with Crippen molar-refractivity contribution in [2.24, 2.45) is 0 Å². The van der Waals surface area contributed by atoms with Crippen LogP contribution in [-0.2, 0) is 0 Å². The van der Waals surface area contributed by atoms with Crippen molar-refractivity contribution >= 4 is 23.2 Å². The molecule has 0 aliphatic carbocycles. The van der Waals surface area contributed by atoms with E-state index in [0.717, 1.165) is 24.5 Å². The number of carbonyl (C=O) groups is 1. The van der Waals surface area contributed by atoms with E-state index in [1.54, 1.807) is 19.2 Å². The van der Waals surface area contributed by atoms with E-state index in [1.807, 2.05) is 41.3 Å². The number of benzene rings is 2. The van der Waals surface area contributed by atoms with Gasteiger partial charge >= 0.3 is 0 Å². The molecule has 0 N–H and O–H groups in total. The van der Waals surface area contributed by atoms with Gasteiger partial charge in [-0.1, -0.05) is 35.9 Å². The molecule has 23 heavy (non-hydrogen) atoms. The third-order valence-electron chi connectivity index (χ3n) is 4.10. The minimum Gasteiger partial charge on any atom is -0.495 e. The molecule has 1 aliphatic heterocycles. The van der Waals surface area contributed by atoms with Crippen molar-refractivity contribution in [3.63, 3.8) is 0 Å². The first-order valence-corrected chi connectivity index (χ1v) is 8.00. The van der Waals surface area contributed by atoms with E-state index in [0.29, 0.717) is 23.7 Å². The van der Waals surface area contributed by atoms with Crippen LogP contribution in [0.3, 0.4) is 0 Å². The second-order valence-corrected chi connectivity index (χ2v) is 5.84. The van der Waals surface area contributed by atoms with Crippen LogP contribution in [0.4, 0.5) is 5.69 Å². The van der Waals surface area contributed by atoms with Gasteiger partial charge in [0, 0.05) is 26.2 Å². The van der Waals surface area contributed by atoms with Crippen molar-refractivity contribution in [3.05, 3.63) is 59.1 Å². The number of anilines is 1. The minimum absolute atomic E-state index is 0.00437. The largest absolute Gasteiger partial charge is 0.495 e. The van der Waals surface area contributed by atoms with Crippen LogP contribution in [0.15, 0.2) is 48.5 Å².